The number of ether oxygens (including phenoxy) is 1. The van der Waals surface area contributed by atoms with E-state index < -0.39 is 24.1 Å². The van der Waals surface area contributed by atoms with E-state index in [4.69, 9.17) is 9.84 Å². The lowest BCUT2D eigenvalue weighted by molar-refractivity contribution is -0.155. The molecule has 0 aliphatic carbocycles. The maximum absolute atomic E-state index is 11.7. The van der Waals surface area contributed by atoms with Gasteiger partial charge in [0.25, 0.3) is 0 Å². The monoisotopic (exact) mass is 302 g/mol. The summed E-state index contributed by atoms with van der Waals surface area (Å²) in [5.74, 6) is -1.46. The molecule has 0 fully saturated rings. The minimum Gasteiger partial charge on any atom is -0.481 e. The minimum absolute atomic E-state index is 0.0480. The standard InChI is InChI=1S/C16H30O5/c1-3-5-7-9-13(17)11-16(20)21-14(12-15(18)19)10-8-6-4-2/h13-14,17H,3-12H2,1-2H3,(H,18,19)/t13-,14+/m1/s1. The molecule has 0 saturated heterocycles. The summed E-state index contributed by atoms with van der Waals surface area (Å²) >= 11 is 0. The molecule has 0 radical (unpaired) electrons. The number of carbonyl (C=O) groups is 2. The van der Waals surface area contributed by atoms with Gasteiger partial charge in [-0.1, -0.05) is 46.0 Å². The summed E-state index contributed by atoms with van der Waals surface area (Å²) < 4.78 is 5.21. The third-order valence-electron chi connectivity index (χ3n) is 3.37. The van der Waals surface area contributed by atoms with Crippen molar-refractivity contribution in [1.29, 1.82) is 0 Å². The maximum Gasteiger partial charge on any atom is 0.308 e. The SMILES string of the molecule is CCCCC[C@@H](O)CC(=O)O[C@@H](CCCCC)CC(=O)O. The van der Waals surface area contributed by atoms with Crippen molar-refractivity contribution in [2.75, 3.05) is 0 Å². The molecule has 0 amide bonds. The predicted molar refractivity (Wildman–Crippen MR) is 81.0 cm³/mol. The van der Waals surface area contributed by atoms with Gasteiger partial charge in [0.15, 0.2) is 0 Å². The highest BCUT2D eigenvalue weighted by molar-refractivity contribution is 5.71. The average Bonchev–Trinajstić information content (AvgIpc) is 2.38. The topological polar surface area (TPSA) is 83.8 Å². The Labute approximate surface area is 127 Å². The first-order valence-electron chi connectivity index (χ1n) is 8.08. The number of carbonyl (C=O) groups excluding carboxylic acids is 1. The Bertz CT molecular complexity index is 290. The number of aliphatic hydroxyl groups excluding tert-OH is 1. The van der Waals surface area contributed by atoms with Gasteiger partial charge < -0.3 is 14.9 Å². The minimum atomic E-state index is -0.965. The zero-order valence-electron chi connectivity index (χ0n) is 13.3. The van der Waals surface area contributed by atoms with Crippen molar-refractivity contribution in [3.8, 4) is 0 Å². The summed E-state index contributed by atoms with van der Waals surface area (Å²) in [6.07, 6.45) is 5.53. The smallest absolute Gasteiger partial charge is 0.308 e. The van der Waals surface area contributed by atoms with E-state index in [0.29, 0.717) is 12.8 Å². The summed E-state index contributed by atoms with van der Waals surface area (Å²) in [6, 6.07) is 0. The molecule has 0 aliphatic rings. The molecule has 0 aromatic carbocycles. The second-order valence-electron chi connectivity index (χ2n) is 5.56. The van der Waals surface area contributed by atoms with Gasteiger partial charge in [-0.15, -0.1) is 0 Å². The predicted octanol–water partition coefficient (Wildman–Crippen LogP) is 3.28. The Morgan fingerprint density at radius 1 is 0.952 bits per heavy atom. The van der Waals surface area contributed by atoms with E-state index in [1.807, 2.05) is 0 Å². The first-order chi connectivity index (χ1) is 9.99. The van der Waals surface area contributed by atoms with Crippen LogP contribution in [0.25, 0.3) is 0 Å². The van der Waals surface area contributed by atoms with Gasteiger partial charge in [-0.2, -0.15) is 0 Å². The second kappa shape index (κ2) is 12.6. The van der Waals surface area contributed by atoms with Gasteiger partial charge in [-0.25, -0.2) is 0 Å². The molecule has 5 nitrogen and oxygen atoms in total. The number of aliphatic carboxylic acids is 1. The summed E-state index contributed by atoms with van der Waals surface area (Å²) in [7, 11) is 0. The van der Waals surface area contributed by atoms with E-state index in [1.165, 1.54) is 0 Å². The molecular formula is C16H30O5. The third-order valence-corrected chi connectivity index (χ3v) is 3.37. The van der Waals surface area contributed by atoms with Crippen molar-refractivity contribution in [3.63, 3.8) is 0 Å². The Kier molecular flexibility index (Phi) is 12.0. The van der Waals surface area contributed by atoms with Crippen LogP contribution in [-0.4, -0.2) is 34.4 Å². The van der Waals surface area contributed by atoms with Gasteiger partial charge in [0.05, 0.1) is 18.9 Å². The maximum atomic E-state index is 11.7. The Balaban J connectivity index is 4.09. The molecule has 0 spiro atoms. The largest absolute Gasteiger partial charge is 0.481 e. The fourth-order valence-electron chi connectivity index (χ4n) is 2.18. The van der Waals surface area contributed by atoms with Crippen LogP contribution in [0.2, 0.25) is 0 Å². The Morgan fingerprint density at radius 2 is 1.52 bits per heavy atom. The van der Waals surface area contributed by atoms with Crippen molar-refractivity contribution < 1.29 is 24.5 Å². The number of hydrogen-bond donors (Lipinski definition) is 2. The zero-order valence-corrected chi connectivity index (χ0v) is 13.3. The Hall–Kier alpha value is -1.10. The molecule has 21 heavy (non-hydrogen) atoms. The van der Waals surface area contributed by atoms with Crippen LogP contribution in [0.3, 0.4) is 0 Å². The molecule has 2 atom stereocenters. The summed E-state index contributed by atoms with van der Waals surface area (Å²) in [4.78, 5) is 22.5. The second-order valence-corrected chi connectivity index (χ2v) is 5.56. The lowest BCUT2D eigenvalue weighted by atomic mass is 10.1. The third kappa shape index (κ3) is 12.4. The average molecular weight is 302 g/mol. The van der Waals surface area contributed by atoms with Crippen LogP contribution in [0, 0.1) is 0 Å². The van der Waals surface area contributed by atoms with Gasteiger partial charge >= 0.3 is 11.9 Å². The zero-order chi connectivity index (χ0) is 16.1. The summed E-state index contributed by atoms with van der Waals surface area (Å²) in [6.45, 7) is 4.14. The van der Waals surface area contributed by atoms with Crippen molar-refractivity contribution in [3.05, 3.63) is 0 Å². The highest BCUT2D eigenvalue weighted by Crippen LogP contribution is 2.13. The number of carboxylic acid groups (broad SMARTS) is 1. The molecule has 0 unspecified atom stereocenters. The van der Waals surface area contributed by atoms with Gasteiger partial charge in [-0.3, -0.25) is 9.59 Å². The van der Waals surface area contributed by atoms with E-state index in [0.717, 1.165) is 38.5 Å². The van der Waals surface area contributed by atoms with E-state index >= 15 is 0 Å². The van der Waals surface area contributed by atoms with Gasteiger partial charge in [0, 0.05) is 0 Å². The number of hydrogen-bond acceptors (Lipinski definition) is 4. The van der Waals surface area contributed by atoms with Gasteiger partial charge in [-0.05, 0) is 19.3 Å². The molecule has 5 heteroatoms. The molecule has 2 N–H and O–H groups in total. The van der Waals surface area contributed by atoms with Gasteiger partial charge in [0.1, 0.15) is 6.10 Å². The van der Waals surface area contributed by atoms with Crippen LogP contribution in [-0.2, 0) is 14.3 Å². The van der Waals surface area contributed by atoms with Crippen LogP contribution in [0.4, 0.5) is 0 Å². The fraction of sp³-hybridized carbons (Fsp3) is 0.875. The number of carboxylic acids is 1. The molecule has 0 aromatic rings. The van der Waals surface area contributed by atoms with Crippen molar-refractivity contribution in [2.45, 2.75) is 90.3 Å². The molecule has 0 bridgehead atoms. The first-order valence-corrected chi connectivity index (χ1v) is 8.08. The molecule has 0 rings (SSSR count). The number of aliphatic hydroxyl groups is 1. The van der Waals surface area contributed by atoms with Crippen LogP contribution in [0.5, 0.6) is 0 Å². The normalized spacial score (nSPS) is 13.7. The number of rotatable bonds is 13. The lowest BCUT2D eigenvalue weighted by Crippen LogP contribution is -2.24. The molecule has 0 aromatic heterocycles. The van der Waals surface area contributed by atoms with E-state index in [-0.39, 0.29) is 12.8 Å². The molecule has 124 valence electrons. The molecule has 0 heterocycles. The number of unbranched alkanes of at least 4 members (excludes halogenated alkanes) is 4. The highest BCUT2D eigenvalue weighted by atomic mass is 16.5. The van der Waals surface area contributed by atoms with E-state index in [2.05, 4.69) is 13.8 Å². The lowest BCUT2D eigenvalue weighted by Gasteiger charge is -2.17. The van der Waals surface area contributed by atoms with Crippen LogP contribution < -0.4 is 0 Å². The highest BCUT2D eigenvalue weighted by Gasteiger charge is 2.19. The Morgan fingerprint density at radius 3 is 2.05 bits per heavy atom. The molecular weight excluding hydrogens is 272 g/mol. The fourth-order valence-corrected chi connectivity index (χ4v) is 2.18. The van der Waals surface area contributed by atoms with Gasteiger partial charge in [0.2, 0.25) is 0 Å². The number of esters is 1. The first kappa shape index (κ1) is 19.9. The summed E-state index contributed by atoms with van der Waals surface area (Å²) in [5.41, 5.74) is 0. The molecule has 0 aliphatic heterocycles. The molecule has 0 saturated carbocycles. The quantitative estimate of drug-likeness (QED) is 0.403. The van der Waals surface area contributed by atoms with Crippen LogP contribution >= 0.6 is 0 Å². The van der Waals surface area contributed by atoms with Crippen molar-refractivity contribution >= 4 is 11.9 Å². The van der Waals surface area contributed by atoms with Crippen molar-refractivity contribution in [2.24, 2.45) is 0 Å². The van der Waals surface area contributed by atoms with E-state index in [1.54, 1.807) is 0 Å². The van der Waals surface area contributed by atoms with Crippen molar-refractivity contribution in [1.82, 2.24) is 0 Å². The van der Waals surface area contributed by atoms with Crippen LogP contribution in [0.15, 0.2) is 0 Å². The van der Waals surface area contributed by atoms with Crippen LogP contribution in [0.1, 0.15) is 78.1 Å². The summed E-state index contributed by atoms with van der Waals surface area (Å²) in [5, 5.41) is 18.6. The van der Waals surface area contributed by atoms with E-state index in [9.17, 15) is 14.7 Å².